The molecule has 0 unspecified atom stereocenters. The van der Waals surface area contributed by atoms with Crippen molar-refractivity contribution >= 4 is 17.1 Å². The molecule has 3 rings (SSSR count). The van der Waals surface area contributed by atoms with Crippen molar-refractivity contribution in [3.05, 3.63) is 58.7 Å². The molecule has 5 heteroatoms. The van der Waals surface area contributed by atoms with Gasteiger partial charge in [0.2, 0.25) is 0 Å². The molecule has 0 atom stereocenters. The van der Waals surface area contributed by atoms with Gasteiger partial charge in [0, 0.05) is 6.54 Å². The van der Waals surface area contributed by atoms with E-state index in [1.165, 1.54) is 4.68 Å². The highest BCUT2D eigenvalue weighted by molar-refractivity contribution is 5.91. The zero-order chi connectivity index (χ0) is 15.7. The van der Waals surface area contributed by atoms with Gasteiger partial charge in [-0.15, -0.1) is 0 Å². The van der Waals surface area contributed by atoms with Crippen LogP contribution in [0.2, 0.25) is 0 Å². The number of aromatic amines is 1. The number of hydrogen-bond acceptors (Lipinski definition) is 2. The van der Waals surface area contributed by atoms with Crippen LogP contribution in [-0.2, 0) is 6.54 Å². The Morgan fingerprint density at radius 1 is 1.27 bits per heavy atom. The minimum absolute atomic E-state index is 0.231. The van der Waals surface area contributed by atoms with Gasteiger partial charge in [-0.25, -0.2) is 9.48 Å². The van der Waals surface area contributed by atoms with Crippen molar-refractivity contribution in [2.75, 3.05) is 0 Å². The van der Waals surface area contributed by atoms with Gasteiger partial charge in [0.05, 0.1) is 22.7 Å². The summed E-state index contributed by atoms with van der Waals surface area (Å²) in [5.41, 5.74) is 5.54. The molecule has 1 heterocycles. The average molecular weight is 292 g/mol. The van der Waals surface area contributed by atoms with Crippen LogP contribution in [0.5, 0.6) is 0 Å². The zero-order valence-electron chi connectivity index (χ0n) is 12.5. The minimum atomic E-state index is -0.231. The monoisotopic (exact) mass is 292 g/mol. The maximum absolute atomic E-state index is 12.3. The van der Waals surface area contributed by atoms with E-state index in [4.69, 9.17) is 5.26 Å². The van der Waals surface area contributed by atoms with Crippen LogP contribution >= 0.6 is 0 Å². The molecule has 0 aliphatic carbocycles. The molecule has 1 aromatic heterocycles. The Kier molecular flexibility index (Phi) is 3.43. The Morgan fingerprint density at radius 2 is 2.00 bits per heavy atom. The predicted octanol–water partition coefficient (Wildman–Crippen LogP) is 3.22. The Morgan fingerprint density at radius 3 is 2.68 bits per heavy atom. The van der Waals surface area contributed by atoms with Crippen LogP contribution in [0.25, 0.3) is 11.0 Å². The first kappa shape index (κ1) is 14.0. The fourth-order valence-corrected chi connectivity index (χ4v) is 2.54. The summed E-state index contributed by atoms with van der Waals surface area (Å²) < 4.78 is 1.42. The van der Waals surface area contributed by atoms with Gasteiger partial charge in [0.1, 0.15) is 0 Å². The summed E-state index contributed by atoms with van der Waals surface area (Å²) in [6.07, 6.45) is 0. The Hall–Kier alpha value is -3.00. The molecular weight excluding hydrogens is 276 g/mol. The fraction of sp³-hybridized carbons (Fsp3) is 0.176. The summed E-state index contributed by atoms with van der Waals surface area (Å²) in [5, 5.41) is 14.8. The third kappa shape index (κ3) is 2.35. The van der Waals surface area contributed by atoms with Gasteiger partial charge in [-0.1, -0.05) is 18.2 Å². The number of amides is 1. The topological polar surface area (TPSA) is 73.6 Å². The lowest BCUT2D eigenvalue weighted by atomic mass is 10.0. The number of benzene rings is 2. The third-order valence-corrected chi connectivity index (χ3v) is 3.86. The molecule has 110 valence electrons. The van der Waals surface area contributed by atoms with E-state index < -0.39 is 0 Å². The largest absolute Gasteiger partial charge is 0.341 e. The number of carbonyl (C=O) groups excluding carboxylic acids is 1. The van der Waals surface area contributed by atoms with Crippen LogP contribution in [-0.4, -0.2) is 15.8 Å². The maximum Gasteiger partial charge on any atom is 0.341 e. The van der Waals surface area contributed by atoms with Crippen molar-refractivity contribution in [3.8, 4) is 6.07 Å². The van der Waals surface area contributed by atoms with Gasteiger partial charge < -0.3 is 5.32 Å². The highest BCUT2D eigenvalue weighted by atomic mass is 16.2. The fourth-order valence-electron chi connectivity index (χ4n) is 2.54. The second kappa shape index (κ2) is 5.41. The normalized spacial score (nSPS) is 10.6. The van der Waals surface area contributed by atoms with Crippen molar-refractivity contribution in [3.63, 3.8) is 0 Å². The molecule has 2 N–H and O–H groups in total. The molecule has 22 heavy (non-hydrogen) atoms. The average Bonchev–Trinajstić information content (AvgIpc) is 2.48. The summed E-state index contributed by atoms with van der Waals surface area (Å²) in [5.74, 6) is 0. The standard InChI is InChI=1S/C17H16N4O/c1-11-4-3-5-12(2)14(11)10-19-17(22)21-16-8-13(9-18)6-7-15(16)20-21/h3-8,20H,10H2,1-2H3,(H,19,22). The predicted molar refractivity (Wildman–Crippen MR) is 84.6 cm³/mol. The molecule has 3 aromatic rings. The highest BCUT2D eigenvalue weighted by Crippen LogP contribution is 2.17. The van der Waals surface area contributed by atoms with Gasteiger partial charge in [-0.3, -0.25) is 5.10 Å². The second-order valence-electron chi connectivity index (χ2n) is 5.32. The molecule has 0 bridgehead atoms. The van der Waals surface area contributed by atoms with E-state index in [9.17, 15) is 4.79 Å². The number of hydrogen-bond donors (Lipinski definition) is 2. The van der Waals surface area contributed by atoms with Crippen LogP contribution < -0.4 is 5.32 Å². The number of nitrogens with one attached hydrogen (secondary N) is 2. The number of H-pyrrole nitrogens is 1. The van der Waals surface area contributed by atoms with Crippen molar-refractivity contribution in [2.24, 2.45) is 0 Å². The Labute approximate surface area is 128 Å². The summed E-state index contributed by atoms with van der Waals surface area (Å²) >= 11 is 0. The van der Waals surface area contributed by atoms with Gasteiger partial charge in [0.15, 0.2) is 0 Å². The van der Waals surface area contributed by atoms with E-state index in [-0.39, 0.29) is 6.03 Å². The van der Waals surface area contributed by atoms with E-state index in [2.05, 4.69) is 16.5 Å². The SMILES string of the molecule is Cc1cccc(C)c1CNC(=O)n1[nH]c2ccc(C#N)cc21. The molecule has 2 aromatic carbocycles. The third-order valence-electron chi connectivity index (χ3n) is 3.86. The van der Waals surface area contributed by atoms with E-state index in [0.29, 0.717) is 12.1 Å². The molecular formula is C17H16N4O. The van der Waals surface area contributed by atoms with Gasteiger partial charge in [-0.2, -0.15) is 5.26 Å². The van der Waals surface area contributed by atoms with Crippen LogP contribution in [0.4, 0.5) is 4.79 Å². The van der Waals surface area contributed by atoms with E-state index in [0.717, 1.165) is 27.7 Å². The van der Waals surface area contributed by atoms with Crippen LogP contribution in [0.15, 0.2) is 36.4 Å². The number of carbonyl (C=O) groups is 1. The molecule has 0 saturated heterocycles. The molecule has 0 aliphatic rings. The molecule has 0 saturated carbocycles. The highest BCUT2D eigenvalue weighted by Gasteiger charge is 2.13. The maximum atomic E-state index is 12.3. The lowest BCUT2D eigenvalue weighted by molar-refractivity contribution is 0.239. The van der Waals surface area contributed by atoms with Crippen molar-refractivity contribution in [1.29, 1.82) is 5.26 Å². The van der Waals surface area contributed by atoms with Crippen molar-refractivity contribution in [2.45, 2.75) is 20.4 Å². The lowest BCUT2D eigenvalue weighted by Gasteiger charge is -2.17. The first-order valence-electron chi connectivity index (χ1n) is 7.04. The number of rotatable bonds is 2. The summed E-state index contributed by atoms with van der Waals surface area (Å²) in [7, 11) is 0. The Bertz CT molecular complexity index is 875. The van der Waals surface area contributed by atoms with Gasteiger partial charge >= 0.3 is 6.03 Å². The van der Waals surface area contributed by atoms with E-state index >= 15 is 0 Å². The van der Waals surface area contributed by atoms with Crippen LogP contribution in [0, 0.1) is 25.2 Å². The minimum Gasteiger partial charge on any atom is -0.332 e. The second-order valence-corrected chi connectivity index (χ2v) is 5.32. The molecule has 1 amide bonds. The lowest BCUT2D eigenvalue weighted by Crippen LogP contribution is -2.32. The van der Waals surface area contributed by atoms with Gasteiger partial charge in [0.25, 0.3) is 0 Å². The van der Waals surface area contributed by atoms with Gasteiger partial charge in [-0.05, 0) is 48.7 Å². The smallest absolute Gasteiger partial charge is 0.332 e. The summed E-state index contributed by atoms with van der Waals surface area (Å²) in [6, 6.07) is 13.1. The molecule has 0 fully saturated rings. The molecule has 0 radical (unpaired) electrons. The summed E-state index contributed by atoms with van der Waals surface area (Å²) in [4.78, 5) is 12.3. The molecule has 0 aliphatic heterocycles. The van der Waals surface area contributed by atoms with Crippen LogP contribution in [0.3, 0.4) is 0 Å². The first-order valence-corrected chi connectivity index (χ1v) is 7.04. The number of nitriles is 1. The van der Waals surface area contributed by atoms with Crippen LogP contribution in [0.1, 0.15) is 22.3 Å². The van der Waals surface area contributed by atoms with E-state index in [1.54, 1.807) is 18.2 Å². The molecule has 5 nitrogen and oxygen atoms in total. The number of aryl methyl sites for hydroxylation is 2. The Balaban J connectivity index is 1.78. The van der Waals surface area contributed by atoms with Crippen molar-refractivity contribution in [1.82, 2.24) is 15.1 Å². The number of nitrogens with zero attached hydrogens (tertiary/aromatic N) is 2. The van der Waals surface area contributed by atoms with Crippen molar-refractivity contribution < 1.29 is 4.79 Å². The number of fused-ring (bicyclic) bond motifs is 1. The molecule has 0 spiro atoms. The first-order chi connectivity index (χ1) is 10.6. The quantitative estimate of drug-likeness (QED) is 0.761. The zero-order valence-corrected chi connectivity index (χ0v) is 12.5. The van der Waals surface area contributed by atoms with E-state index in [1.807, 2.05) is 32.0 Å². The number of aromatic nitrogens is 2. The summed E-state index contributed by atoms with van der Waals surface area (Å²) in [6.45, 7) is 4.54.